The van der Waals surface area contributed by atoms with Crippen molar-refractivity contribution >= 4 is 43.2 Å². The lowest BCUT2D eigenvalue weighted by atomic mass is 10.1. The Morgan fingerprint density at radius 2 is 1.24 bits per heavy atom. The van der Waals surface area contributed by atoms with Gasteiger partial charge >= 0.3 is 0 Å². The molecule has 0 amide bonds. The first kappa shape index (κ1) is 19.3. The molecule has 0 fully saturated rings. The van der Waals surface area contributed by atoms with Crippen molar-refractivity contribution in [1.82, 2.24) is 9.55 Å². The molecule has 4 aromatic carbocycles. The van der Waals surface area contributed by atoms with E-state index in [4.69, 9.17) is 4.98 Å². The van der Waals surface area contributed by atoms with Crippen LogP contribution in [0.3, 0.4) is 0 Å². The lowest BCUT2D eigenvalue weighted by Gasteiger charge is -2.09. The quantitative estimate of drug-likeness (QED) is 0.262. The number of nitrogens with zero attached hydrogens (tertiary/aromatic N) is 2. The molecule has 0 radical (unpaired) electrons. The Labute approximate surface area is 201 Å². The number of rotatable bonds is 3. The predicted octanol–water partition coefficient (Wildman–Crippen LogP) is 8.73. The summed E-state index contributed by atoms with van der Waals surface area (Å²) in [6.07, 6.45) is 1.98. The average molecular weight is 453 g/mol. The third-order valence-corrected chi connectivity index (χ3v) is 7.62. The van der Waals surface area contributed by atoms with Gasteiger partial charge in [0.2, 0.25) is 0 Å². The zero-order chi connectivity index (χ0) is 22.5. The molecule has 7 aromatic rings. The minimum atomic E-state index is 1.02. The summed E-state index contributed by atoms with van der Waals surface area (Å²) >= 11 is 1.79. The van der Waals surface area contributed by atoms with Crippen LogP contribution in [0.4, 0.5) is 0 Å². The molecule has 0 aliphatic carbocycles. The molecule has 3 aromatic heterocycles. The highest BCUT2D eigenvalue weighted by Gasteiger charge is 2.11. The summed E-state index contributed by atoms with van der Waals surface area (Å²) in [5, 5.41) is 3.83. The van der Waals surface area contributed by atoms with Crippen LogP contribution in [0, 0.1) is 0 Å². The van der Waals surface area contributed by atoms with E-state index < -0.39 is 0 Å². The van der Waals surface area contributed by atoms with Gasteiger partial charge in [-0.15, -0.1) is 11.3 Å². The Bertz CT molecular complexity index is 1700. The van der Waals surface area contributed by atoms with E-state index >= 15 is 0 Å². The maximum absolute atomic E-state index is 4.78. The lowest BCUT2D eigenvalue weighted by Crippen LogP contribution is -1.93. The SMILES string of the molecule is c1ccc2sc(-c3ccc(-c4ccc(-n5c6ccccc6c6ccccc65)cc4)cn3)cc2c1. The molecular weight excluding hydrogens is 432 g/mol. The molecular formula is C31H20N2S. The third-order valence-electron chi connectivity index (χ3n) is 6.48. The minimum absolute atomic E-state index is 1.02. The van der Waals surface area contributed by atoms with Crippen LogP contribution in [0.2, 0.25) is 0 Å². The molecule has 0 aliphatic rings. The van der Waals surface area contributed by atoms with Gasteiger partial charge in [-0.25, -0.2) is 0 Å². The smallest absolute Gasteiger partial charge is 0.0802 e. The Hall–Kier alpha value is -4.21. The van der Waals surface area contributed by atoms with E-state index in [1.54, 1.807) is 11.3 Å². The number of hydrogen-bond acceptors (Lipinski definition) is 2. The fraction of sp³-hybridized carbons (Fsp3) is 0. The summed E-state index contributed by atoms with van der Waals surface area (Å²) in [6, 6.07) is 41.0. The van der Waals surface area contributed by atoms with Crippen molar-refractivity contribution in [2.75, 3.05) is 0 Å². The standard InChI is InChI=1S/C31H20N2S/c1-6-12-30-22(7-1)19-31(34-30)27-18-15-23(20-32-27)21-13-16-24(17-14-21)33-28-10-4-2-8-25(28)26-9-3-5-11-29(26)33/h1-20H. The molecule has 3 heteroatoms. The van der Waals surface area contributed by atoms with E-state index in [1.165, 1.54) is 42.3 Å². The summed E-state index contributed by atoms with van der Waals surface area (Å²) in [6.45, 7) is 0. The molecule has 160 valence electrons. The van der Waals surface area contributed by atoms with Gasteiger partial charge in [-0.05, 0) is 53.4 Å². The van der Waals surface area contributed by atoms with Crippen molar-refractivity contribution in [2.24, 2.45) is 0 Å². The molecule has 0 saturated heterocycles. The summed E-state index contributed by atoms with van der Waals surface area (Å²) in [5.41, 5.74) is 6.93. The fourth-order valence-corrected chi connectivity index (χ4v) is 5.86. The van der Waals surface area contributed by atoms with Gasteiger partial charge in [0, 0.05) is 32.9 Å². The molecule has 3 heterocycles. The van der Waals surface area contributed by atoms with Crippen LogP contribution in [-0.2, 0) is 0 Å². The molecule has 34 heavy (non-hydrogen) atoms. The highest BCUT2D eigenvalue weighted by molar-refractivity contribution is 7.22. The number of pyridine rings is 1. The van der Waals surface area contributed by atoms with E-state index in [0.717, 1.165) is 16.9 Å². The van der Waals surface area contributed by atoms with E-state index in [2.05, 4.69) is 120 Å². The topological polar surface area (TPSA) is 17.8 Å². The van der Waals surface area contributed by atoms with Crippen molar-refractivity contribution in [2.45, 2.75) is 0 Å². The Morgan fingerprint density at radius 3 is 1.91 bits per heavy atom. The van der Waals surface area contributed by atoms with Crippen LogP contribution < -0.4 is 0 Å². The van der Waals surface area contributed by atoms with Crippen molar-refractivity contribution in [3.05, 3.63) is 121 Å². The zero-order valence-corrected chi connectivity index (χ0v) is 19.2. The molecule has 0 aliphatic heterocycles. The van der Waals surface area contributed by atoms with E-state index in [-0.39, 0.29) is 0 Å². The summed E-state index contributed by atoms with van der Waals surface area (Å²) in [7, 11) is 0. The predicted molar refractivity (Wildman–Crippen MR) is 145 cm³/mol. The first-order chi connectivity index (χ1) is 16.8. The Morgan fingerprint density at radius 1 is 0.588 bits per heavy atom. The van der Waals surface area contributed by atoms with Gasteiger partial charge in [0.1, 0.15) is 0 Å². The van der Waals surface area contributed by atoms with Gasteiger partial charge in [0.15, 0.2) is 0 Å². The lowest BCUT2D eigenvalue weighted by molar-refractivity contribution is 1.18. The highest BCUT2D eigenvalue weighted by Crippen LogP contribution is 2.34. The zero-order valence-electron chi connectivity index (χ0n) is 18.3. The van der Waals surface area contributed by atoms with Gasteiger partial charge in [0.05, 0.1) is 21.6 Å². The second-order valence-corrected chi connectivity index (χ2v) is 9.58. The van der Waals surface area contributed by atoms with Crippen molar-refractivity contribution in [1.29, 1.82) is 0 Å². The van der Waals surface area contributed by atoms with Crippen LogP contribution >= 0.6 is 11.3 Å². The fourth-order valence-electron chi connectivity index (χ4n) is 4.82. The van der Waals surface area contributed by atoms with Gasteiger partial charge < -0.3 is 4.57 Å². The Balaban J connectivity index is 1.25. The highest BCUT2D eigenvalue weighted by atomic mass is 32.1. The van der Waals surface area contributed by atoms with Crippen LogP contribution in [0.25, 0.3) is 59.3 Å². The van der Waals surface area contributed by atoms with Gasteiger partial charge in [-0.2, -0.15) is 0 Å². The Kier molecular flexibility index (Phi) is 4.36. The maximum Gasteiger partial charge on any atom is 0.0802 e. The molecule has 0 unspecified atom stereocenters. The summed E-state index contributed by atoms with van der Waals surface area (Å²) in [4.78, 5) is 5.98. The van der Waals surface area contributed by atoms with Crippen LogP contribution in [0.1, 0.15) is 0 Å². The number of aromatic nitrogens is 2. The van der Waals surface area contributed by atoms with Gasteiger partial charge in [-0.1, -0.05) is 72.8 Å². The molecule has 0 N–H and O–H groups in total. The summed E-state index contributed by atoms with van der Waals surface area (Å²) in [5.74, 6) is 0. The number of hydrogen-bond donors (Lipinski definition) is 0. The van der Waals surface area contributed by atoms with Gasteiger partial charge in [-0.3, -0.25) is 4.98 Å². The van der Waals surface area contributed by atoms with Crippen molar-refractivity contribution in [3.8, 4) is 27.4 Å². The molecule has 2 nitrogen and oxygen atoms in total. The molecule has 7 rings (SSSR count). The normalized spacial score (nSPS) is 11.5. The number of benzene rings is 4. The van der Waals surface area contributed by atoms with E-state index in [0.29, 0.717) is 0 Å². The van der Waals surface area contributed by atoms with Crippen LogP contribution in [0.15, 0.2) is 121 Å². The minimum Gasteiger partial charge on any atom is -0.309 e. The van der Waals surface area contributed by atoms with Crippen molar-refractivity contribution < 1.29 is 0 Å². The van der Waals surface area contributed by atoms with E-state index in [9.17, 15) is 0 Å². The van der Waals surface area contributed by atoms with Crippen LogP contribution in [-0.4, -0.2) is 9.55 Å². The number of fused-ring (bicyclic) bond motifs is 4. The molecule has 0 bridgehead atoms. The van der Waals surface area contributed by atoms with Crippen molar-refractivity contribution in [3.63, 3.8) is 0 Å². The first-order valence-electron chi connectivity index (χ1n) is 11.4. The average Bonchev–Trinajstić information content (AvgIpc) is 3.49. The monoisotopic (exact) mass is 452 g/mol. The first-order valence-corrected chi connectivity index (χ1v) is 12.2. The maximum atomic E-state index is 4.78. The second kappa shape index (κ2) is 7.68. The third kappa shape index (κ3) is 3.06. The molecule has 0 saturated carbocycles. The second-order valence-electron chi connectivity index (χ2n) is 8.50. The molecule has 0 spiro atoms. The number of thiophene rings is 1. The largest absolute Gasteiger partial charge is 0.309 e. The molecule has 0 atom stereocenters. The summed E-state index contributed by atoms with van der Waals surface area (Å²) < 4.78 is 3.64. The number of para-hydroxylation sites is 2. The van der Waals surface area contributed by atoms with Gasteiger partial charge in [0.25, 0.3) is 0 Å². The van der Waals surface area contributed by atoms with E-state index in [1.807, 2.05) is 6.20 Å². The van der Waals surface area contributed by atoms with Crippen LogP contribution in [0.5, 0.6) is 0 Å².